The van der Waals surface area contributed by atoms with E-state index < -0.39 is 82.6 Å². The van der Waals surface area contributed by atoms with Crippen LogP contribution in [-0.2, 0) is 67.5 Å². The molecule has 16 heteroatoms. The van der Waals surface area contributed by atoms with Crippen molar-refractivity contribution in [1.29, 1.82) is 0 Å². The molecule has 3 rings (SSSR count). The number of fused-ring (bicyclic) bond motifs is 1. The van der Waals surface area contributed by atoms with E-state index in [-0.39, 0.29) is 13.0 Å². The highest BCUT2D eigenvalue weighted by atomic mass is 32.2. The third kappa shape index (κ3) is 13.1. The van der Waals surface area contributed by atoms with Gasteiger partial charge in [-0.15, -0.1) is 0 Å². The molecule has 264 valence electrons. The van der Waals surface area contributed by atoms with Crippen LogP contribution < -0.4 is 21.3 Å². The van der Waals surface area contributed by atoms with Crippen molar-refractivity contribution >= 4 is 45.6 Å². The maximum atomic E-state index is 13.6. The van der Waals surface area contributed by atoms with Crippen molar-refractivity contribution in [3.8, 4) is 0 Å². The molecule has 1 unspecified atom stereocenters. The number of sulfone groups is 1. The number of carbonyl (C=O) groups is 6. The summed E-state index contributed by atoms with van der Waals surface area (Å²) < 4.78 is 37.7. The first-order chi connectivity index (χ1) is 23.3. The van der Waals surface area contributed by atoms with Crippen molar-refractivity contribution in [3.05, 3.63) is 82.8 Å². The molecule has 4 amide bonds. The monoisotopic (exact) mass is 700 g/mol. The number of amides is 4. The number of alkyl carbamates (subject to hydrolysis) is 1. The van der Waals surface area contributed by atoms with Gasteiger partial charge in [-0.3, -0.25) is 24.0 Å². The van der Waals surface area contributed by atoms with Crippen LogP contribution in [0.15, 0.2) is 66.1 Å². The van der Waals surface area contributed by atoms with Crippen molar-refractivity contribution < 1.29 is 51.4 Å². The highest BCUT2D eigenvalue weighted by Gasteiger charge is 2.37. The van der Waals surface area contributed by atoms with Gasteiger partial charge in [0.15, 0.2) is 9.84 Å². The lowest BCUT2D eigenvalue weighted by atomic mass is 9.95. The summed E-state index contributed by atoms with van der Waals surface area (Å²) in [6, 6.07) is 12.5. The molecule has 3 atom stereocenters. The minimum atomic E-state index is -3.58. The molecule has 4 N–H and O–H groups in total. The molecular formula is C33H40N4O11S. The Balaban J connectivity index is 1.74. The van der Waals surface area contributed by atoms with Crippen LogP contribution in [-0.4, -0.2) is 89.3 Å². The van der Waals surface area contributed by atoms with Gasteiger partial charge < -0.3 is 35.5 Å². The molecule has 0 bridgehead atoms. The summed E-state index contributed by atoms with van der Waals surface area (Å²) in [6.07, 6.45) is 0.958. The Morgan fingerprint density at radius 1 is 0.816 bits per heavy atom. The number of esters is 2. The summed E-state index contributed by atoms with van der Waals surface area (Å²) in [4.78, 5) is 76.6. The van der Waals surface area contributed by atoms with Crippen molar-refractivity contribution in [3.63, 3.8) is 0 Å². The van der Waals surface area contributed by atoms with Gasteiger partial charge >= 0.3 is 18.0 Å². The number of benzene rings is 2. The molecule has 0 saturated heterocycles. The molecule has 2 aromatic rings. The van der Waals surface area contributed by atoms with Crippen LogP contribution in [0.2, 0.25) is 0 Å². The van der Waals surface area contributed by atoms with Crippen LogP contribution in [0.5, 0.6) is 0 Å². The number of carbonyl (C=O) groups excluding carboxylic acids is 6. The molecule has 0 radical (unpaired) electrons. The number of methoxy groups -OCH3 is 2. The van der Waals surface area contributed by atoms with Crippen LogP contribution in [0, 0.1) is 5.92 Å². The van der Waals surface area contributed by atoms with Crippen LogP contribution in [0.3, 0.4) is 0 Å². The Morgan fingerprint density at radius 2 is 1.41 bits per heavy atom. The average molecular weight is 701 g/mol. The minimum Gasteiger partial charge on any atom is -0.469 e. The quantitative estimate of drug-likeness (QED) is 0.140. The molecule has 0 aliphatic heterocycles. The van der Waals surface area contributed by atoms with Gasteiger partial charge in [-0.05, 0) is 35.4 Å². The van der Waals surface area contributed by atoms with Gasteiger partial charge in [0.1, 0.15) is 18.7 Å². The van der Waals surface area contributed by atoms with Gasteiger partial charge in [-0.1, -0.05) is 60.7 Å². The molecule has 0 heterocycles. The van der Waals surface area contributed by atoms with Crippen molar-refractivity contribution in [2.24, 2.45) is 5.92 Å². The van der Waals surface area contributed by atoms with Crippen LogP contribution in [0.4, 0.5) is 4.79 Å². The molecule has 0 spiro atoms. The highest BCUT2D eigenvalue weighted by Crippen LogP contribution is 2.29. The fraction of sp³-hybridized carbons (Fsp3) is 0.394. The normalized spacial score (nSPS) is 14.4. The Bertz CT molecular complexity index is 1620. The van der Waals surface area contributed by atoms with Gasteiger partial charge in [0.2, 0.25) is 17.7 Å². The lowest BCUT2D eigenvalue weighted by Crippen LogP contribution is -2.57. The van der Waals surface area contributed by atoms with Crippen molar-refractivity contribution in [1.82, 2.24) is 21.3 Å². The first-order valence-corrected chi connectivity index (χ1v) is 17.2. The molecule has 15 nitrogen and oxygen atoms in total. The van der Waals surface area contributed by atoms with E-state index >= 15 is 0 Å². The largest absolute Gasteiger partial charge is 0.469 e. The standard InChI is InChI=1S/C33H40N4O11S/c1-46-28(39)17-25(13-14-49(3,44)45)35-27(38)19-34-32(42)30(24-15-22-11-7-8-12-23(22)16-24)37-31(41)26(18-29(40)47-2)36-33(43)48-20-21-9-5-4-6-10-21/h4-14,24-26,30H,15-20H2,1-3H3,(H,34,42)(H,35,38)(H,36,43)(H,37,41)/b14-13+/t25-,26+,30?/m1/s1. The van der Waals surface area contributed by atoms with E-state index in [2.05, 4.69) is 26.0 Å². The van der Waals surface area contributed by atoms with E-state index in [4.69, 9.17) is 9.47 Å². The highest BCUT2D eigenvalue weighted by molar-refractivity contribution is 7.93. The minimum absolute atomic E-state index is 0.100. The van der Waals surface area contributed by atoms with Gasteiger partial charge in [0.25, 0.3) is 0 Å². The molecule has 0 fully saturated rings. The number of hydrogen-bond acceptors (Lipinski definition) is 11. The lowest BCUT2D eigenvalue weighted by molar-refractivity contribution is -0.143. The van der Waals surface area contributed by atoms with E-state index in [1.54, 1.807) is 30.3 Å². The second-order valence-corrected chi connectivity index (χ2v) is 13.2. The Kier molecular flexibility index (Phi) is 14.3. The summed E-state index contributed by atoms with van der Waals surface area (Å²) in [5.74, 6) is -4.34. The zero-order valence-corrected chi connectivity index (χ0v) is 28.1. The van der Waals surface area contributed by atoms with E-state index in [0.29, 0.717) is 18.4 Å². The smallest absolute Gasteiger partial charge is 0.408 e. The summed E-state index contributed by atoms with van der Waals surface area (Å²) in [5.41, 5.74) is 2.62. The first kappa shape index (κ1) is 38.2. The van der Waals surface area contributed by atoms with Crippen LogP contribution in [0.1, 0.15) is 29.5 Å². The summed E-state index contributed by atoms with van der Waals surface area (Å²) in [6.45, 7) is -0.692. The number of rotatable bonds is 16. The Hall–Kier alpha value is -5.25. The van der Waals surface area contributed by atoms with E-state index in [1.807, 2.05) is 24.3 Å². The third-order valence-electron chi connectivity index (χ3n) is 7.50. The van der Waals surface area contributed by atoms with Gasteiger partial charge in [0.05, 0.1) is 39.6 Å². The summed E-state index contributed by atoms with van der Waals surface area (Å²) in [7, 11) is -1.32. The molecule has 2 aromatic carbocycles. The van der Waals surface area contributed by atoms with E-state index in [0.717, 1.165) is 43.1 Å². The maximum Gasteiger partial charge on any atom is 0.408 e. The predicted molar refractivity (Wildman–Crippen MR) is 175 cm³/mol. The zero-order valence-electron chi connectivity index (χ0n) is 27.3. The van der Waals surface area contributed by atoms with E-state index in [1.165, 1.54) is 0 Å². The van der Waals surface area contributed by atoms with Crippen molar-refractivity contribution in [2.75, 3.05) is 27.0 Å². The third-order valence-corrected chi connectivity index (χ3v) is 8.15. The lowest BCUT2D eigenvalue weighted by Gasteiger charge is -2.26. The van der Waals surface area contributed by atoms with Crippen LogP contribution in [0.25, 0.3) is 0 Å². The predicted octanol–water partition coefficient (Wildman–Crippen LogP) is 0.467. The summed E-state index contributed by atoms with van der Waals surface area (Å²) in [5, 5.41) is 10.8. The second kappa shape index (κ2) is 18.3. The van der Waals surface area contributed by atoms with Crippen LogP contribution >= 0.6 is 0 Å². The van der Waals surface area contributed by atoms with Crippen molar-refractivity contribution in [2.45, 2.75) is 50.4 Å². The number of nitrogens with one attached hydrogen (secondary N) is 4. The fourth-order valence-electron chi connectivity index (χ4n) is 5.05. The molecule has 1 aliphatic rings. The second-order valence-electron chi connectivity index (χ2n) is 11.3. The Labute approximate surface area is 284 Å². The molecule has 0 saturated carbocycles. The number of ether oxygens (including phenoxy) is 3. The topological polar surface area (TPSA) is 212 Å². The van der Waals surface area contributed by atoms with E-state index in [9.17, 15) is 37.2 Å². The molecule has 1 aliphatic carbocycles. The summed E-state index contributed by atoms with van der Waals surface area (Å²) >= 11 is 0. The fourth-order valence-corrected chi connectivity index (χ4v) is 5.52. The molecule has 0 aromatic heterocycles. The molecule has 49 heavy (non-hydrogen) atoms. The first-order valence-electron chi connectivity index (χ1n) is 15.2. The number of hydrogen-bond donors (Lipinski definition) is 4. The van der Waals surface area contributed by atoms with Gasteiger partial charge in [0, 0.05) is 11.7 Å². The SMILES string of the molecule is COC(=O)C[C@@H](/C=C/S(C)(=O)=O)NC(=O)CNC(=O)C(NC(=O)[C@H](CC(=O)OC)NC(=O)OCc1ccccc1)C1Cc2ccccc2C1. The maximum absolute atomic E-state index is 13.6. The average Bonchev–Trinajstić information content (AvgIpc) is 3.51. The zero-order chi connectivity index (χ0) is 36.0. The van der Waals surface area contributed by atoms with Gasteiger partial charge in [-0.25, -0.2) is 13.2 Å². The van der Waals surface area contributed by atoms with Gasteiger partial charge in [-0.2, -0.15) is 0 Å². The Morgan fingerprint density at radius 3 is 2.00 bits per heavy atom. The molecular weight excluding hydrogens is 660 g/mol.